The number of rotatable bonds is 6. The molecule has 26 heavy (non-hydrogen) atoms. The van der Waals surface area contributed by atoms with Gasteiger partial charge < -0.3 is 15.5 Å². The Labute approximate surface area is 157 Å². The molecule has 2 atom stereocenters. The van der Waals surface area contributed by atoms with Gasteiger partial charge in [0.05, 0.1) is 22.3 Å². The van der Waals surface area contributed by atoms with Gasteiger partial charge in [-0.15, -0.1) is 0 Å². The van der Waals surface area contributed by atoms with Gasteiger partial charge >= 0.3 is 6.18 Å². The summed E-state index contributed by atoms with van der Waals surface area (Å²) in [6.45, 7) is 1.13. The van der Waals surface area contributed by atoms with Crippen LogP contribution in [0.15, 0.2) is 17.0 Å². The average Bonchev–Trinajstić information content (AvgIpc) is 2.49. The summed E-state index contributed by atoms with van der Waals surface area (Å²) in [5.41, 5.74) is -4.13. The Bertz CT molecular complexity index is 800. The number of aliphatic hydroxyl groups excluding tert-OH is 1. The van der Waals surface area contributed by atoms with Gasteiger partial charge in [-0.2, -0.15) is 13.2 Å². The topological polar surface area (TPSA) is 116 Å². The fourth-order valence-electron chi connectivity index (χ4n) is 1.57. The Balaban J connectivity index is 3.22. The van der Waals surface area contributed by atoms with Crippen LogP contribution >= 0.6 is 23.2 Å². The zero-order valence-corrected chi connectivity index (χ0v) is 15.7. The first-order valence-electron chi connectivity index (χ1n) is 6.87. The third kappa shape index (κ3) is 4.78. The highest BCUT2D eigenvalue weighted by atomic mass is 35.5. The molecule has 0 saturated carbocycles. The van der Waals surface area contributed by atoms with Crippen molar-refractivity contribution >= 4 is 44.8 Å². The number of sulfonamides is 1. The van der Waals surface area contributed by atoms with Crippen molar-refractivity contribution in [2.24, 2.45) is 0 Å². The molecule has 0 heterocycles. The van der Waals surface area contributed by atoms with Gasteiger partial charge in [0.2, 0.25) is 15.6 Å². The number of nitrogens with one attached hydrogen (secondary N) is 2. The zero-order chi connectivity index (χ0) is 20.5. The lowest BCUT2D eigenvalue weighted by atomic mass is 10.1. The number of carbonyl (C=O) groups excluding carboxylic acids is 1. The van der Waals surface area contributed by atoms with E-state index < -0.39 is 61.0 Å². The second kappa shape index (κ2) is 7.87. The molecule has 1 aromatic rings. The summed E-state index contributed by atoms with van der Waals surface area (Å²) < 4.78 is 64.4. The minimum atomic E-state index is -5.25. The Kier molecular flexibility index (Phi) is 6.94. The Hall–Kier alpha value is -1.11. The molecule has 1 unspecified atom stereocenters. The van der Waals surface area contributed by atoms with Gasteiger partial charge in [0, 0.05) is 6.04 Å². The highest BCUT2D eigenvalue weighted by Crippen LogP contribution is 2.37. The van der Waals surface area contributed by atoms with Crippen LogP contribution in [0.25, 0.3) is 0 Å². The smallest absolute Gasteiger partial charge is 0.395 e. The van der Waals surface area contributed by atoms with E-state index in [0.717, 1.165) is 12.1 Å². The van der Waals surface area contributed by atoms with Crippen LogP contribution in [0.1, 0.15) is 13.8 Å². The SMILES string of the molecule is CC(CO)NS(=O)(=O)c1ccc(NC(=O)[C@@](C)(O)C(F)(F)F)c(Cl)c1Cl. The molecule has 13 heteroatoms. The second-order valence-corrected chi connectivity index (χ2v) is 7.91. The largest absolute Gasteiger partial charge is 0.426 e. The maximum Gasteiger partial charge on any atom is 0.426 e. The van der Waals surface area contributed by atoms with Crippen molar-refractivity contribution in [1.29, 1.82) is 0 Å². The second-order valence-electron chi connectivity index (χ2n) is 5.47. The first-order valence-corrected chi connectivity index (χ1v) is 9.10. The first-order chi connectivity index (χ1) is 11.6. The quantitative estimate of drug-likeness (QED) is 0.541. The summed E-state index contributed by atoms with van der Waals surface area (Å²) >= 11 is 11.7. The lowest BCUT2D eigenvalue weighted by Gasteiger charge is -2.25. The Morgan fingerprint density at radius 3 is 2.27 bits per heavy atom. The standard InChI is InChI=1S/C13H15Cl2F3N2O5S/c1-6(5-21)20-26(24,25)8-4-3-7(9(14)10(8)15)19-11(22)12(2,23)13(16,17)18/h3-4,6,20-21,23H,5H2,1-2H3,(H,19,22)/t6?,12-/m1/s1. The number of halogens is 5. The van der Waals surface area contributed by atoms with E-state index >= 15 is 0 Å². The van der Waals surface area contributed by atoms with Crippen LogP contribution in [0.3, 0.4) is 0 Å². The number of aliphatic hydroxyl groups is 2. The van der Waals surface area contributed by atoms with Crippen LogP contribution in [-0.2, 0) is 14.8 Å². The fraction of sp³-hybridized carbons (Fsp3) is 0.462. The lowest BCUT2D eigenvalue weighted by molar-refractivity contribution is -0.242. The average molecular weight is 439 g/mol. The normalized spacial score (nSPS) is 16.0. The highest BCUT2D eigenvalue weighted by molar-refractivity contribution is 7.89. The van der Waals surface area contributed by atoms with Crippen molar-refractivity contribution in [3.63, 3.8) is 0 Å². The molecule has 1 aromatic carbocycles. The number of hydrogen-bond donors (Lipinski definition) is 4. The number of carbonyl (C=O) groups is 1. The van der Waals surface area contributed by atoms with E-state index in [1.807, 2.05) is 0 Å². The summed E-state index contributed by atoms with van der Waals surface area (Å²) in [5, 5.41) is 18.9. The van der Waals surface area contributed by atoms with Crippen LogP contribution in [0, 0.1) is 0 Å². The third-order valence-electron chi connectivity index (χ3n) is 3.21. The van der Waals surface area contributed by atoms with Crippen molar-refractivity contribution in [3.8, 4) is 0 Å². The minimum absolute atomic E-state index is 0.247. The molecule has 0 radical (unpaired) electrons. The number of benzene rings is 1. The van der Waals surface area contributed by atoms with Crippen LogP contribution in [-0.4, -0.2) is 49.0 Å². The van der Waals surface area contributed by atoms with Gasteiger partial charge in [-0.05, 0) is 26.0 Å². The van der Waals surface area contributed by atoms with E-state index in [1.54, 1.807) is 5.32 Å². The molecule has 0 aliphatic heterocycles. The molecule has 1 amide bonds. The van der Waals surface area contributed by atoms with Gasteiger partial charge in [-0.3, -0.25) is 4.79 Å². The Morgan fingerprint density at radius 2 is 1.81 bits per heavy atom. The number of anilines is 1. The molecule has 0 saturated heterocycles. The maximum atomic E-state index is 12.7. The first kappa shape index (κ1) is 22.9. The Morgan fingerprint density at radius 1 is 1.27 bits per heavy atom. The molecule has 0 aliphatic rings. The van der Waals surface area contributed by atoms with Gasteiger partial charge in [-0.25, -0.2) is 13.1 Å². The maximum absolute atomic E-state index is 12.7. The summed E-state index contributed by atoms with van der Waals surface area (Å²) in [5.74, 6) is -1.83. The molecule has 7 nitrogen and oxygen atoms in total. The highest BCUT2D eigenvalue weighted by Gasteiger charge is 2.55. The van der Waals surface area contributed by atoms with E-state index in [2.05, 4.69) is 4.72 Å². The van der Waals surface area contributed by atoms with Crippen LogP contribution in [0.4, 0.5) is 18.9 Å². The number of hydrogen-bond acceptors (Lipinski definition) is 5. The van der Waals surface area contributed by atoms with Crippen LogP contribution in [0.5, 0.6) is 0 Å². The molecular weight excluding hydrogens is 424 g/mol. The van der Waals surface area contributed by atoms with Crippen LogP contribution in [0.2, 0.25) is 10.0 Å². The third-order valence-corrected chi connectivity index (χ3v) is 5.83. The monoisotopic (exact) mass is 438 g/mol. The molecule has 0 bridgehead atoms. The van der Waals surface area contributed by atoms with Gasteiger partial charge in [-0.1, -0.05) is 23.2 Å². The van der Waals surface area contributed by atoms with Gasteiger partial charge in [0.1, 0.15) is 4.90 Å². The summed E-state index contributed by atoms with van der Waals surface area (Å²) in [6.07, 6.45) is -5.25. The molecule has 148 valence electrons. The zero-order valence-electron chi connectivity index (χ0n) is 13.4. The van der Waals surface area contributed by atoms with E-state index in [0.29, 0.717) is 0 Å². The predicted molar refractivity (Wildman–Crippen MR) is 88.6 cm³/mol. The molecular formula is C13H15Cl2F3N2O5S. The molecule has 0 aliphatic carbocycles. The van der Waals surface area contributed by atoms with Crippen molar-refractivity contribution in [1.82, 2.24) is 4.72 Å². The molecule has 0 aromatic heterocycles. The van der Waals surface area contributed by atoms with Crippen molar-refractivity contribution in [2.45, 2.75) is 36.6 Å². The predicted octanol–water partition coefficient (Wildman–Crippen LogP) is 1.90. The fourth-order valence-corrected chi connectivity index (χ4v) is 3.63. The molecule has 0 fully saturated rings. The van der Waals surface area contributed by atoms with E-state index in [1.165, 1.54) is 6.92 Å². The van der Waals surface area contributed by atoms with Crippen LogP contribution < -0.4 is 10.0 Å². The summed E-state index contributed by atoms with van der Waals surface area (Å²) in [7, 11) is -4.19. The summed E-state index contributed by atoms with van der Waals surface area (Å²) in [4.78, 5) is 11.2. The number of amides is 1. The van der Waals surface area contributed by atoms with E-state index in [4.69, 9.17) is 28.3 Å². The molecule has 4 N–H and O–H groups in total. The van der Waals surface area contributed by atoms with Gasteiger partial charge in [0.25, 0.3) is 5.91 Å². The van der Waals surface area contributed by atoms with Crippen molar-refractivity contribution < 1.29 is 36.6 Å². The molecule has 0 spiro atoms. The number of alkyl halides is 3. The summed E-state index contributed by atoms with van der Waals surface area (Å²) in [6, 6.07) is 0.978. The van der Waals surface area contributed by atoms with Crippen molar-refractivity contribution in [3.05, 3.63) is 22.2 Å². The lowest BCUT2D eigenvalue weighted by Crippen LogP contribution is -2.52. The molecule has 1 rings (SSSR count). The van der Waals surface area contributed by atoms with Gasteiger partial charge in [0.15, 0.2) is 0 Å². The minimum Gasteiger partial charge on any atom is -0.395 e. The van der Waals surface area contributed by atoms with Crippen molar-refractivity contribution in [2.75, 3.05) is 11.9 Å². The van der Waals surface area contributed by atoms with E-state index in [9.17, 15) is 31.5 Å². The van der Waals surface area contributed by atoms with E-state index in [-0.39, 0.29) is 6.92 Å².